The van der Waals surface area contributed by atoms with Crippen molar-refractivity contribution in [3.63, 3.8) is 0 Å². The Balaban J connectivity index is 1.67. The molecule has 0 bridgehead atoms. The van der Waals surface area contributed by atoms with Gasteiger partial charge in [-0.15, -0.1) is 0 Å². The van der Waals surface area contributed by atoms with Crippen molar-refractivity contribution in [2.24, 2.45) is 4.99 Å². The summed E-state index contributed by atoms with van der Waals surface area (Å²) in [5, 5.41) is 0. The Labute approximate surface area is 163 Å². The third-order valence-corrected chi connectivity index (χ3v) is 4.91. The molecule has 4 nitrogen and oxygen atoms in total. The molecule has 0 amide bonds. The third-order valence-electron chi connectivity index (χ3n) is 4.91. The van der Waals surface area contributed by atoms with Crippen LogP contribution in [0.3, 0.4) is 0 Å². The molecule has 0 spiro atoms. The summed E-state index contributed by atoms with van der Waals surface area (Å²) in [5.74, 6) is 2.93. The smallest absolute Gasteiger partial charge is 0.231 e. The van der Waals surface area contributed by atoms with Crippen LogP contribution in [0.15, 0.2) is 71.7 Å². The summed E-state index contributed by atoms with van der Waals surface area (Å²) in [6.45, 7) is 4.45. The quantitative estimate of drug-likeness (QED) is 0.591. The summed E-state index contributed by atoms with van der Waals surface area (Å²) in [7, 11) is 0. The first-order valence-electron chi connectivity index (χ1n) is 9.22. The summed E-state index contributed by atoms with van der Waals surface area (Å²) >= 11 is 0. The number of benzene rings is 3. The van der Waals surface area contributed by atoms with Crippen LogP contribution in [0.2, 0.25) is 0 Å². The van der Waals surface area contributed by atoms with E-state index in [1.807, 2.05) is 48.5 Å². The fourth-order valence-electron chi connectivity index (χ4n) is 3.50. The van der Waals surface area contributed by atoms with Crippen molar-refractivity contribution >= 4 is 17.2 Å². The zero-order valence-electron chi connectivity index (χ0n) is 15.7. The van der Waals surface area contributed by atoms with Crippen LogP contribution >= 0.6 is 0 Å². The van der Waals surface area contributed by atoms with Crippen LogP contribution in [0.25, 0.3) is 5.76 Å². The van der Waals surface area contributed by atoms with Crippen molar-refractivity contribution in [1.82, 2.24) is 0 Å². The Bertz CT molecular complexity index is 1140. The number of hydrogen-bond donors (Lipinski definition) is 0. The zero-order valence-corrected chi connectivity index (χ0v) is 15.7. The van der Waals surface area contributed by atoms with Crippen LogP contribution < -0.4 is 14.2 Å². The van der Waals surface area contributed by atoms with Gasteiger partial charge in [-0.2, -0.15) is 0 Å². The van der Waals surface area contributed by atoms with E-state index in [1.165, 1.54) is 11.1 Å². The summed E-state index contributed by atoms with van der Waals surface area (Å²) in [6, 6.07) is 20.1. The lowest BCUT2D eigenvalue weighted by Gasteiger charge is -2.11. The fourth-order valence-corrected chi connectivity index (χ4v) is 3.50. The second-order valence-electron chi connectivity index (χ2n) is 6.96. The molecule has 0 radical (unpaired) electrons. The maximum Gasteiger partial charge on any atom is 0.231 e. The molecule has 3 aromatic carbocycles. The van der Waals surface area contributed by atoms with Crippen LogP contribution in [0.1, 0.15) is 22.3 Å². The van der Waals surface area contributed by atoms with Crippen molar-refractivity contribution in [2.45, 2.75) is 13.8 Å². The Morgan fingerprint density at radius 3 is 2.57 bits per heavy atom. The van der Waals surface area contributed by atoms with Crippen LogP contribution in [0, 0.1) is 13.8 Å². The Kier molecular flexibility index (Phi) is 3.90. The molecule has 0 aromatic heterocycles. The van der Waals surface area contributed by atoms with Gasteiger partial charge in [-0.3, -0.25) is 0 Å². The van der Waals surface area contributed by atoms with E-state index in [0.29, 0.717) is 0 Å². The summed E-state index contributed by atoms with van der Waals surface area (Å²) in [5.41, 5.74) is 6.09. The first kappa shape index (κ1) is 16.6. The Hall–Kier alpha value is -3.53. The molecule has 0 fully saturated rings. The maximum absolute atomic E-state index is 6.27. The van der Waals surface area contributed by atoms with E-state index in [9.17, 15) is 0 Å². The average molecular weight is 369 g/mol. The summed E-state index contributed by atoms with van der Waals surface area (Å²) in [4.78, 5) is 4.91. The van der Waals surface area contributed by atoms with Gasteiger partial charge in [0.2, 0.25) is 6.79 Å². The highest BCUT2D eigenvalue weighted by Crippen LogP contribution is 2.38. The molecule has 5 rings (SSSR count). The van der Waals surface area contributed by atoms with Gasteiger partial charge in [0.05, 0.1) is 5.71 Å². The monoisotopic (exact) mass is 369 g/mol. The number of ether oxygens (including phenoxy) is 3. The second kappa shape index (κ2) is 6.57. The van der Waals surface area contributed by atoms with E-state index in [2.05, 4.69) is 32.0 Å². The molecule has 0 unspecified atom stereocenters. The van der Waals surface area contributed by atoms with Crippen molar-refractivity contribution in [3.05, 3.63) is 89.0 Å². The van der Waals surface area contributed by atoms with Crippen molar-refractivity contribution in [3.8, 4) is 17.2 Å². The first-order valence-corrected chi connectivity index (χ1v) is 9.22. The van der Waals surface area contributed by atoms with Gasteiger partial charge in [-0.1, -0.05) is 35.9 Å². The molecule has 0 N–H and O–H groups in total. The lowest BCUT2D eigenvalue weighted by molar-refractivity contribution is 0.174. The van der Waals surface area contributed by atoms with Crippen LogP contribution in [-0.4, -0.2) is 12.5 Å². The molecule has 0 saturated carbocycles. The Morgan fingerprint density at radius 1 is 0.821 bits per heavy atom. The summed E-state index contributed by atoms with van der Waals surface area (Å²) < 4.78 is 17.2. The molecule has 0 atom stereocenters. The van der Waals surface area contributed by atoms with E-state index >= 15 is 0 Å². The van der Waals surface area contributed by atoms with Crippen molar-refractivity contribution in [2.75, 3.05) is 6.79 Å². The minimum atomic E-state index is 0.247. The predicted octanol–water partition coefficient (Wildman–Crippen LogP) is 5.59. The number of fused-ring (bicyclic) bond motifs is 2. The second-order valence-corrected chi connectivity index (χ2v) is 6.96. The highest BCUT2D eigenvalue weighted by molar-refractivity contribution is 6.14. The Morgan fingerprint density at radius 2 is 1.68 bits per heavy atom. The molecule has 28 heavy (non-hydrogen) atoms. The van der Waals surface area contributed by atoms with Gasteiger partial charge in [0.25, 0.3) is 0 Å². The predicted molar refractivity (Wildman–Crippen MR) is 110 cm³/mol. The number of hydrogen-bond acceptors (Lipinski definition) is 4. The highest BCUT2D eigenvalue weighted by atomic mass is 16.7. The van der Waals surface area contributed by atoms with E-state index in [1.54, 1.807) is 0 Å². The van der Waals surface area contributed by atoms with Gasteiger partial charge in [0.1, 0.15) is 11.4 Å². The largest absolute Gasteiger partial charge is 0.454 e. The molecular formula is C24H19NO3. The number of aryl methyl sites for hydroxylation is 2. The average Bonchev–Trinajstić information content (AvgIpc) is 3.07. The van der Waals surface area contributed by atoms with Crippen molar-refractivity contribution in [1.29, 1.82) is 0 Å². The molecule has 138 valence electrons. The van der Waals surface area contributed by atoms with Gasteiger partial charge in [-0.05, 0) is 49.7 Å². The van der Waals surface area contributed by atoms with Crippen LogP contribution in [-0.2, 0) is 0 Å². The van der Waals surface area contributed by atoms with E-state index < -0.39 is 0 Å². The highest BCUT2D eigenvalue weighted by Gasteiger charge is 2.20. The lowest BCUT2D eigenvalue weighted by Crippen LogP contribution is -2.02. The summed E-state index contributed by atoms with van der Waals surface area (Å²) in [6.07, 6.45) is 2.00. The van der Waals surface area contributed by atoms with Gasteiger partial charge < -0.3 is 14.2 Å². The number of rotatable bonds is 2. The van der Waals surface area contributed by atoms with Gasteiger partial charge in [0, 0.05) is 17.2 Å². The van der Waals surface area contributed by atoms with E-state index in [4.69, 9.17) is 19.2 Å². The van der Waals surface area contributed by atoms with Gasteiger partial charge in [0.15, 0.2) is 17.2 Å². The molecule has 0 saturated heterocycles. The van der Waals surface area contributed by atoms with Crippen molar-refractivity contribution < 1.29 is 14.2 Å². The lowest BCUT2D eigenvalue weighted by atomic mass is 10.00. The number of para-hydroxylation sites is 2. The molecular weight excluding hydrogens is 350 g/mol. The van der Waals surface area contributed by atoms with Crippen LogP contribution in [0.4, 0.5) is 5.69 Å². The third kappa shape index (κ3) is 2.93. The molecule has 0 aliphatic carbocycles. The number of allylic oxidation sites excluding steroid dienone is 1. The molecule has 3 aromatic rings. The molecule has 2 aliphatic heterocycles. The molecule has 2 heterocycles. The number of nitrogens with zero attached hydrogens (tertiary/aromatic N) is 1. The normalized spacial score (nSPS) is 14.5. The van der Waals surface area contributed by atoms with Gasteiger partial charge in [-0.25, -0.2) is 4.99 Å². The topological polar surface area (TPSA) is 40.0 Å². The standard InChI is InChI=1S/C24H19NO3/c1-15-7-9-18(16(2)11-15)20-13-23(28-21-6-4-3-5-19(21)25-20)17-8-10-22-24(12-17)27-14-26-22/h3-13H,14H2,1-2H3. The van der Waals surface area contributed by atoms with E-state index in [0.717, 1.165) is 45.5 Å². The fraction of sp³-hybridized carbons (Fsp3) is 0.125. The SMILES string of the molecule is Cc1ccc(C2=Nc3ccccc3OC(c3ccc4c(c3)OCO4)=C2)c(C)c1. The minimum absolute atomic E-state index is 0.247. The van der Waals surface area contributed by atoms with Crippen LogP contribution in [0.5, 0.6) is 17.2 Å². The maximum atomic E-state index is 6.27. The number of aliphatic imine (C=N–C) groups is 1. The minimum Gasteiger partial charge on any atom is -0.454 e. The molecule has 4 heteroatoms. The van der Waals surface area contributed by atoms with E-state index in [-0.39, 0.29) is 6.79 Å². The molecule has 2 aliphatic rings. The first-order chi connectivity index (χ1) is 13.7. The van der Waals surface area contributed by atoms with Gasteiger partial charge >= 0.3 is 0 Å². The zero-order chi connectivity index (χ0) is 19.1.